The number of fused-ring (bicyclic) bond motifs is 1. The molecule has 0 aliphatic rings. The van der Waals surface area contributed by atoms with Gasteiger partial charge in [-0.05, 0) is 43.2 Å². The molecular formula is C26H29N3O3. The Kier molecular flexibility index (Phi) is 6.71. The van der Waals surface area contributed by atoms with Crippen LogP contribution in [0.5, 0.6) is 0 Å². The highest BCUT2D eigenvalue weighted by atomic mass is 16.5. The zero-order valence-electron chi connectivity index (χ0n) is 18.6. The van der Waals surface area contributed by atoms with Gasteiger partial charge in [0, 0.05) is 24.5 Å². The van der Waals surface area contributed by atoms with Crippen LogP contribution < -0.4 is 0 Å². The van der Waals surface area contributed by atoms with Gasteiger partial charge in [0.05, 0.1) is 41.9 Å². The third kappa shape index (κ3) is 4.18. The van der Waals surface area contributed by atoms with Crippen molar-refractivity contribution in [3.63, 3.8) is 0 Å². The number of aliphatic hydroxyl groups excluding tert-OH is 1. The van der Waals surface area contributed by atoms with Crippen LogP contribution in [-0.2, 0) is 24.3 Å². The van der Waals surface area contributed by atoms with Crippen LogP contribution in [0, 0.1) is 0 Å². The Morgan fingerprint density at radius 3 is 2.72 bits per heavy atom. The Labute approximate surface area is 188 Å². The molecular weight excluding hydrogens is 402 g/mol. The predicted octanol–water partition coefficient (Wildman–Crippen LogP) is 4.89. The first kappa shape index (κ1) is 21.8. The number of benzene rings is 2. The van der Waals surface area contributed by atoms with Gasteiger partial charge in [-0.15, -0.1) is 0 Å². The molecule has 1 N–H and O–H groups in total. The van der Waals surface area contributed by atoms with E-state index >= 15 is 0 Å². The van der Waals surface area contributed by atoms with Gasteiger partial charge in [0.15, 0.2) is 0 Å². The summed E-state index contributed by atoms with van der Waals surface area (Å²) in [7, 11) is 0. The lowest BCUT2D eigenvalue weighted by Crippen LogP contribution is -2.10. The predicted molar refractivity (Wildman–Crippen MR) is 125 cm³/mol. The first-order chi connectivity index (χ1) is 15.7. The lowest BCUT2D eigenvalue weighted by atomic mass is 10.1. The number of carbonyl (C=O) groups is 1. The summed E-state index contributed by atoms with van der Waals surface area (Å²) in [4.78, 5) is 17.0. The Morgan fingerprint density at radius 2 is 1.94 bits per heavy atom. The van der Waals surface area contributed by atoms with Crippen molar-refractivity contribution in [3.05, 3.63) is 83.6 Å². The van der Waals surface area contributed by atoms with Gasteiger partial charge in [0.1, 0.15) is 5.82 Å². The third-order valence-electron chi connectivity index (χ3n) is 5.75. The number of aliphatic hydroxyl groups is 1. The summed E-state index contributed by atoms with van der Waals surface area (Å²) < 4.78 is 9.41. The monoisotopic (exact) mass is 431 g/mol. The molecule has 32 heavy (non-hydrogen) atoms. The molecule has 0 atom stereocenters. The van der Waals surface area contributed by atoms with Gasteiger partial charge < -0.3 is 19.0 Å². The molecule has 0 aliphatic heterocycles. The molecule has 0 fully saturated rings. The van der Waals surface area contributed by atoms with Crippen LogP contribution in [0.3, 0.4) is 0 Å². The standard InChI is InChI=1S/C26H29N3O3/c1-3-5-13-25-27-16-20(18-30)29(25)17-19-9-8-12-23-21(19)14-15-28(23)24-11-7-6-10-22(24)26(31)32-4-2/h6-12,14-16,30H,3-5,13,17-18H2,1-2H3. The maximum Gasteiger partial charge on any atom is 0.340 e. The lowest BCUT2D eigenvalue weighted by Gasteiger charge is -2.14. The van der Waals surface area contributed by atoms with Crippen LogP contribution in [0.25, 0.3) is 16.6 Å². The molecule has 0 saturated heterocycles. The van der Waals surface area contributed by atoms with Crippen molar-refractivity contribution in [3.8, 4) is 5.69 Å². The first-order valence-electron chi connectivity index (χ1n) is 11.2. The molecule has 2 aromatic heterocycles. The van der Waals surface area contributed by atoms with Gasteiger partial charge >= 0.3 is 5.97 Å². The van der Waals surface area contributed by atoms with E-state index in [-0.39, 0.29) is 12.6 Å². The Hall–Kier alpha value is -3.38. The van der Waals surface area contributed by atoms with E-state index in [1.807, 2.05) is 42.0 Å². The van der Waals surface area contributed by atoms with Gasteiger partial charge in [0.25, 0.3) is 0 Å². The van der Waals surface area contributed by atoms with Gasteiger partial charge in [-0.1, -0.05) is 37.6 Å². The summed E-state index contributed by atoms with van der Waals surface area (Å²) in [5.41, 5.74) is 4.30. The number of hydrogen-bond donors (Lipinski definition) is 1. The van der Waals surface area contributed by atoms with E-state index in [0.717, 1.165) is 52.9 Å². The van der Waals surface area contributed by atoms with E-state index in [1.54, 1.807) is 12.3 Å². The number of hydrogen-bond acceptors (Lipinski definition) is 4. The van der Waals surface area contributed by atoms with Crippen molar-refractivity contribution in [1.29, 1.82) is 0 Å². The summed E-state index contributed by atoms with van der Waals surface area (Å²) in [6.45, 7) is 4.90. The highest BCUT2D eigenvalue weighted by molar-refractivity contribution is 5.95. The van der Waals surface area contributed by atoms with E-state index in [4.69, 9.17) is 4.74 Å². The van der Waals surface area contributed by atoms with E-state index in [9.17, 15) is 9.90 Å². The molecule has 166 valence electrons. The van der Waals surface area contributed by atoms with Crippen LogP contribution in [-0.4, -0.2) is 31.8 Å². The molecule has 2 aromatic carbocycles. The molecule has 0 amide bonds. The van der Waals surface area contributed by atoms with Crippen molar-refractivity contribution in [2.45, 2.75) is 46.3 Å². The minimum absolute atomic E-state index is 0.0387. The summed E-state index contributed by atoms with van der Waals surface area (Å²) in [6, 6.07) is 15.8. The van der Waals surface area contributed by atoms with E-state index in [1.165, 1.54) is 0 Å². The zero-order valence-corrected chi connectivity index (χ0v) is 18.6. The molecule has 2 heterocycles. The number of para-hydroxylation sites is 1. The van der Waals surface area contributed by atoms with Gasteiger partial charge in [0.2, 0.25) is 0 Å². The number of ether oxygens (including phenoxy) is 1. The lowest BCUT2D eigenvalue weighted by molar-refractivity contribution is 0.0526. The van der Waals surface area contributed by atoms with Crippen LogP contribution in [0.2, 0.25) is 0 Å². The van der Waals surface area contributed by atoms with Crippen LogP contribution in [0.4, 0.5) is 0 Å². The van der Waals surface area contributed by atoms with E-state index in [2.05, 4.69) is 34.7 Å². The Balaban J connectivity index is 1.75. The van der Waals surface area contributed by atoms with E-state index < -0.39 is 0 Å². The minimum Gasteiger partial charge on any atom is -0.462 e. The maximum atomic E-state index is 12.5. The number of carbonyl (C=O) groups excluding carboxylic acids is 1. The summed E-state index contributed by atoms with van der Waals surface area (Å²) in [6.07, 6.45) is 6.81. The molecule has 0 aliphatic carbocycles. The minimum atomic E-state index is -0.326. The topological polar surface area (TPSA) is 69.3 Å². The normalized spacial score (nSPS) is 11.2. The molecule has 0 spiro atoms. The van der Waals surface area contributed by atoms with E-state index in [0.29, 0.717) is 18.7 Å². The van der Waals surface area contributed by atoms with Crippen LogP contribution in [0.15, 0.2) is 60.9 Å². The molecule has 0 unspecified atom stereocenters. The molecule has 4 aromatic rings. The average Bonchev–Trinajstić information content (AvgIpc) is 3.42. The summed E-state index contributed by atoms with van der Waals surface area (Å²) in [5.74, 6) is 0.674. The molecule has 0 saturated carbocycles. The number of nitrogens with zero attached hydrogens (tertiary/aromatic N) is 3. The molecule has 4 rings (SSSR count). The number of imidazole rings is 1. The van der Waals surface area contributed by atoms with Crippen molar-refractivity contribution in [2.24, 2.45) is 0 Å². The Morgan fingerprint density at radius 1 is 1.09 bits per heavy atom. The highest BCUT2D eigenvalue weighted by Crippen LogP contribution is 2.27. The fourth-order valence-electron chi connectivity index (χ4n) is 4.12. The number of aryl methyl sites for hydroxylation is 1. The van der Waals surface area contributed by atoms with Gasteiger partial charge in [-0.25, -0.2) is 9.78 Å². The second kappa shape index (κ2) is 9.83. The van der Waals surface area contributed by atoms with Crippen molar-refractivity contribution in [1.82, 2.24) is 14.1 Å². The summed E-state index contributed by atoms with van der Waals surface area (Å²) >= 11 is 0. The maximum absolute atomic E-state index is 12.5. The highest BCUT2D eigenvalue weighted by Gasteiger charge is 2.16. The quantitative estimate of drug-likeness (QED) is 0.383. The molecule has 6 heteroatoms. The smallest absolute Gasteiger partial charge is 0.340 e. The molecule has 0 radical (unpaired) electrons. The largest absolute Gasteiger partial charge is 0.462 e. The fourth-order valence-corrected chi connectivity index (χ4v) is 4.12. The number of esters is 1. The zero-order chi connectivity index (χ0) is 22.5. The fraction of sp³-hybridized carbons (Fsp3) is 0.308. The second-order valence-corrected chi connectivity index (χ2v) is 7.79. The average molecular weight is 432 g/mol. The van der Waals surface area contributed by atoms with Crippen molar-refractivity contribution in [2.75, 3.05) is 6.61 Å². The van der Waals surface area contributed by atoms with Gasteiger partial charge in [-0.3, -0.25) is 0 Å². The van der Waals surface area contributed by atoms with Crippen LogP contribution in [0.1, 0.15) is 54.1 Å². The van der Waals surface area contributed by atoms with Crippen molar-refractivity contribution < 1.29 is 14.6 Å². The second-order valence-electron chi connectivity index (χ2n) is 7.79. The first-order valence-corrected chi connectivity index (χ1v) is 11.2. The number of rotatable bonds is 9. The Bertz CT molecular complexity index is 1220. The molecule has 6 nitrogen and oxygen atoms in total. The van der Waals surface area contributed by atoms with Gasteiger partial charge in [-0.2, -0.15) is 0 Å². The van der Waals surface area contributed by atoms with Crippen molar-refractivity contribution >= 4 is 16.9 Å². The SMILES string of the molecule is CCCCc1ncc(CO)n1Cc1cccc2c1ccn2-c1ccccc1C(=O)OCC. The number of aromatic nitrogens is 3. The summed E-state index contributed by atoms with van der Waals surface area (Å²) in [5, 5.41) is 10.9. The van der Waals surface area contributed by atoms with Crippen LogP contribution >= 0.6 is 0 Å². The number of unbranched alkanes of at least 4 members (excludes halogenated alkanes) is 1. The molecule has 0 bridgehead atoms. The third-order valence-corrected chi connectivity index (χ3v) is 5.75.